The first-order chi connectivity index (χ1) is 9.74. The molecule has 1 amide bonds. The zero-order chi connectivity index (χ0) is 13.9. The van der Waals surface area contributed by atoms with Crippen LogP contribution in [0.2, 0.25) is 0 Å². The summed E-state index contributed by atoms with van der Waals surface area (Å²) in [5.74, 6) is 0.0472. The van der Waals surface area contributed by atoms with Crippen LogP contribution in [0.5, 0.6) is 0 Å². The van der Waals surface area contributed by atoms with Gasteiger partial charge in [-0.3, -0.25) is 9.78 Å². The second-order valence-corrected chi connectivity index (χ2v) is 5.17. The number of carbonyl (C=O) groups excluding carboxylic acids is 1. The monoisotopic (exact) mass is 271 g/mol. The molecule has 0 saturated carbocycles. The van der Waals surface area contributed by atoms with Crippen LogP contribution in [0.3, 0.4) is 0 Å². The third-order valence-electron chi connectivity index (χ3n) is 3.62. The number of rotatable bonds is 2. The molecule has 1 atom stereocenters. The van der Waals surface area contributed by atoms with Gasteiger partial charge in [0.05, 0.1) is 11.6 Å². The van der Waals surface area contributed by atoms with Crippen molar-refractivity contribution >= 4 is 5.91 Å². The van der Waals surface area contributed by atoms with E-state index in [1.54, 1.807) is 18.7 Å². The predicted octanol–water partition coefficient (Wildman–Crippen LogP) is 1.46. The molecule has 6 heteroatoms. The molecule has 0 radical (unpaired) electrons. The van der Waals surface area contributed by atoms with Gasteiger partial charge in [0.15, 0.2) is 0 Å². The largest absolute Gasteiger partial charge is 0.336 e. The van der Waals surface area contributed by atoms with E-state index < -0.39 is 0 Å². The molecule has 3 heterocycles. The predicted molar refractivity (Wildman–Crippen MR) is 73.2 cm³/mol. The van der Waals surface area contributed by atoms with Crippen LogP contribution >= 0.6 is 0 Å². The van der Waals surface area contributed by atoms with Crippen molar-refractivity contribution in [2.45, 2.75) is 25.8 Å². The molecule has 6 nitrogen and oxygen atoms in total. The molecule has 3 rings (SSSR count). The van der Waals surface area contributed by atoms with Gasteiger partial charge in [0.2, 0.25) is 0 Å². The van der Waals surface area contributed by atoms with Gasteiger partial charge in [-0.1, -0.05) is 0 Å². The average molecular weight is 271 g/mol. The summed E-state index contributed by atoms with van der Waals surface area (Å²) in [6.07, 6.45) is 8.65. The fourth-order valence-corrected chi connectivity index (χ4v) is 2.62. The number of pyridine rings is 1. The molecule has 2 aromatic rings. The quantitative estimate of drug-likeness (QED) is 0.829. The smallest absolute Gasteiger partial charge is 0.255 e. The van der Waals surface area contributed by atoms with Gasteiger partial charge in [-0.2, -0.15) is 5.10 Å². The molecular formula is C14H17N5O. The summed E-state index contributed by atoms with van der Waals surface area (Å²) in [5, 5.41) is 4.18. The van der Waals surface area contributed by atoms with Crippen LogP contribution in [0.4, 0.5) is 0 Å². The van der Waals surface area contributed by atoms with Crippen molar-refractivity contribution in [1.82, 2.24) is 24.6 Å². The number of aryl methyl sites for hydroxylation is 1. The highest BCUT2D eigenvalue weighted by molar-refractivity contribution is 5.94. The van der Waals surface area contributed by atoms with E-state index in [2.05, 4.69) is 15.1 Å². The fourth-order valence-electron chi connectivity index (χ4n) is 2.62. The summed E-state index contributed by atoms with van der Waals surface area (Å²) in [4.78, 5) is 22.5. The number of hydrogen-bond acceptors (Lipinski definition) is 4. The number of piperidine rings is 1. The van der Waals surface area contributed by atoms with E-state index in [0.717, 1.165) is 24.9 Å². The van der Waals surface area contributed by atoms with Gasteiger partial charge in [-0.25, -0.2) is 9.67 Å². The lowest BCUT2D eigenvalue weighted by Gasteiger charge is -2.32. The van der Waals surface area contributed by atoms with Gasteiger partial charge >= 0.3 is 0 Å². The van der Waals surface area contributed by atoms with Gasteiger partial charge in [0, 0.05) is 25.5 Å². The summed E-state index contributed by atoms with van der Waals surface area (Å²) >= 11 is 0. The Labute approximate surface area is 117 Å². The number of hydrogen-bond donors (Lipinski definition) is 0. The molecule has 1 aliphatic rings. The minimum atomic E-state index is 0.0472. The highest BCUT2D eigenvalue weighted by Crippen LogP contribution is 2.21. The normalized spacial score (nSPS) is 19.1. The number of aromatic nitrogens is 4. The Bertz CT molecular complexity index is 595. The minimum absolute atomic E-state index is 0.0472. The molecule has 0 aliphatic carbocycles. The Kier molecular flexibility index (Phi) is 3.45. The van der Waals surface area contributed by atoms with Gasteiger partial charge < -0.3 is 4.90 Å². The Balaban J connectivity index is 1.75. The van der Waals surface area contributed by atoms with Crippen molar-refractivity contribution in [3.05, 3.63) is 42.2 Å². The maximum atomic E-state index is 12.5. The van der Waals surface area contributed by atoms with Crippen LogP contribution in [-0.2, 0) is 0 Å². The molecular weight excluding hydrogens is 254 g/mol. The van der Waals surface area contributed by atoms with Gasteiger partial charge in [0.1, 0.15) is 12.7 Å². The highest BCUT2D eigenvalue weighted by atomic mass is 16.2. The number of likely N-dealkylation sites (tertiary alicyclic amines) is 1. The van der Waals surface area contributed by atoms with Crippen LogP contribution in [-0.4, -0.2) is 43.6 Å². The lowest BCUT2D eigenvalue weighted by Crippen LogP contribution is -2.40. The van der Waals surface area contributed by atoms with Crippen LogP contribution in [0.25, 0.3) is 0 Å². The van der Waals surface area contributed by atoms with E-state index in [1.807, 2.05) is 22.6 Å². The topological polar surface area (TPSA) is 63.9 Å². The lowest BCUT2D eigenvalue weighted by molar-refractivity contribution is 0.0672. The Morgan fingerprint density at radius 3 is 3.00 bits per heavy atom. The highest BCUT2D eigenvalue weighted by Gasteiger charge is 2.26. The molecule has 1 saturated heterocycles. The van der Waals surface area contributed by atoms with Crippen molar-refractivity contribution < 1.29 is 4.79 Å². The van der Waals surface area contributed by atoms with E-state index in [-0.39, 0.29) is 11.9 Å². The standard InChI is InChI=1S/C14H17N5O/c1-11-5-12(7-15-6-11)14(20)18-4-2-3-13(8-18)19-10-16-9-17-19/h5-7,9-10,13H,2-4,8H2,1H3/t13-/m1/s1. The summed E-state index contributed by atoms with van der Waals surface area (Å²) < 4.78 is 1.84. The molecule has 20 heavy (non-hydrogen) atoms. The van der Waals surface area contributed by atoms with Crippen molar-refractivity contribution in [2.24, 2.45) is 0 Å². The summed E-state index contributed by atoms with van der Waals surface area (Å²) in [5.41, 5.74) is 1.66. The zero-order valence-corrected chi connectivity index (χ0v) is 11.4. The fraction of sp³-hybridized carbons (Fsp3) is 0.429. The van der Waals surface area contributed by atoms with E-state index in [1.165, 1.54) is 6.33 Å². The third-order valence-corrected chi connectivity index (χ3v) is 3.62. The number of nitrogens with zero attached hydrogens (tertiary/aromatic N) is 5. The van der Waals surface area contributed by atoms with Crippen LogP contribution < -0.4 is 0 Å². The van der Waals surface area contributed by atoms with Gasteiger partial charge in [0.25, 0.3) is 5.91 Å². The van der Waals surface area contributed by atoms with Crippen molar-refractivity contribution in [1.29, 1.82) is 0 Å². The lowest BCUT2D eigenvalue weighted by atomic mass is 10.0. The van der Waals surface area contributed by atoms with E-state index >= 15 is 0 Å². The molecule has 1 aliphatic heterocycles. The Morgan fingerprint density at radius 2 is 2.25 bits per heavy atom. The molecule has 0 aromatic carbocycles. The molecule has 0 spiro atoms. The summed E-state index contributed by atoms with van der Waals surface area (Å²) in [6.45, 7) is 3.41. The number of carbonyl (C=O) groups is 1. The first kappa shape index (κ1) is 12.8. The molecule has 104 valence electrons. The summed E-state index contributed by atoms with van der Waals surface area (Å²) in [6, 6.07) is 2.10. The molecule has 0 bridgehead atoms. The first-order valence-electron chi connectivity index (χ1n) is 6.79. The van der Waals surface area contributed by atoms with Crippen molar-refractivity contribution in [3.63, 3.8) is 0 Å². The second-order valence-electron chi connectivity index (χ2n) is 5.17. The number of amides is 1. The van der Waals surface area contributed by atoms with Gasteiger partial charge in [-0.05, 0) is 31.4 Å². The summed E-state index contributed by atoms with van der Waals surface area (Å²) in [7, 11) is 0. The first-order valence-corrected chi connectivity index (χ1v) is 6.79. The molecule has 0 unspecified atom stereocenters. The van der Waals surface area contributed by atoms with Crippen LogP contribution in [0.1, 0.15) is 34.8 Å². The van der Waals surface area contributed by atoms with Gasteiger partial charge in [-0.15, -0.1) is 0 Å². The molecule has 2 aromatic heterocycles. The second kappa shape index (κ2) is 5.40. The van der Waals surface area contributed by atoms with E-state index in [9.17, 15) is 4.79 Å². The zero-order valence-electron chi connectivity index (χ0n) is 11.4. The maximum Gasteiger partial charge on any atom is 0.255 e. The Morgan fingerprint density at radius 1 is 1.35 bits per heavy atom. The minimum Gasteiger partial charge on any atom is -0.336 e. The average Bonchev–Trinajstić information content (AvgIpc) is 3.01. The molecule has 0 N–H and O–H groups in total. The molecule has 1 fully saturated rings. The van der Waals surface area contributed by atoms with E-state index in [4.69, 9.17) is 0 Å². The van der Waals surface area contributed by atoms with Crippen LogP contribution in [0.15, 0.2) is 31.1 Å². The van der Waals surface area contributed by atoms with Crippen molar-refractivity contribution in [2.75, 3.05) is 13.1 Å². The SMILES string of the molecule is Cc1cncc(C(=O)N2CCC[C@@H](n3cncn3)C2)c1. The Hall–Kier alpha value is -2.24. The van der Waals surface area contributed by atoms with Crippen LogP contribution in [0, 0.1) is 6.92 Å². The maximum absolute atomic E-state index is 12.5. The third kappa shape index (κ3) is 2.54. The van der Waals surface area contributed by atoms with Crippen molar-refractivity contribution in [3.8, 4) is 0 Å². The van der Waals surface area contributed by atoms with E-state index in [0.29, 0.717) is 12.1 Å².